The van der Waals surface area contributed by atoms with E-state index in [0.717, 1.165) is 6.20 Å². The van der Waals surface area contributed by atoms with Crippen LogP contribution in [0.5, 0.6) is 0 Å². The Balaban J connectivity index is 2.96. The molecule has 2 aromatic rings. The van der Waals surface area contributed by atoms with E-state index in [4.69, 9.17) is 10.8 Å². The summed E-state index contributed by atoms with van der Waals surface area (Å²) in [6, 6.07) is 4.99. The quantitative estimate of drug-likeness (QED) is 0.883. The highest BCUT2D eigenvalue weighted by molar-refractivity contribution is 9.10. The summed E-state index contributed by atoms with van der Waals surface area (Å²) in [6.45, 7) is 0. The number of carboxylic acids is 1. The molecule has 0 saturated carbocycles. The molecular formula is C11H7BrN2O3. The summed E-state index contributed by atoms with van der Waals surface area (Å²) >= 11 is 3.26. The van der Waals surface area contributed by atoms with E-state index < -0.39 is 11.9 Å². The van der Waals surface area contributed by atoms with Gasteiger partial charge in [-0.2, -0.15) is 0 Å². The minimum absolute atomic E-state index is 0.0254. The molecule has 0 aliphatic heterocycles. The maximum Gasteiger partial charge on any atom is 0.337 e. The number of benzene rings is 1. The summed E-state index contributed by atoms with van der Waals surface area (Å²) < 4.78 is 0.581. The number of amides is 1. The number of nitrogens with two attached hydrogens (primary N) is 1. The number of fused-ring (bicyclic) bond motifs is 1. The largest absolute Gasteiger partial charge is 0.478 e. The van der Waals surface area contributed by atoms with E-state index >= 15 is 0 Å². The lowest BCUT2D eigenvalue weighted by molar-refractivity contribution is 0.0698. The third kappa shape index (κ3) is 1.87. The summed E-state index contributed by atoms with van der Waals surface area (Å²) in [4.78, 5) is 26.1. The molecule has 0 spiro atoms. The van der Waals surface area contributed by atoms with Crippen molar-refractivity contribution in [3.8, 4) is 0 Å². The van der Waals surface area contributed by atoms with E-state index in [1.807, 2.05) is 0 Å². The van der Waals surface area contributed by atoms with Crippen LogP contribution in [0.15, 0.2) is 28.9 Å². The predicted molar refractivity (Wildman–Crippen MR) is 64.9 cm³/mol. The average molecular weight is 295 g/mol. The van der Waals surface area contributed by atoms with Gasteiger partial charge in [-0.05, 0) is 6.07 Å². The first-order valence-electron chi connectivity index (χ1n) is 4.62. The van der Waals surface area contributed by atoms with Crippen molar-refractivity contribution in [3.05, 3.63) is 40.1 Å². The van der Waals surface area contributed by atoms with Crippen molar-refractivity contribution in [1.29, 1.82) is 0 Å². The van der Waals surface area contributed by atoms with Crippen molar-refractivity contribution in [2.24, 2.45) is 5.73 Å². The molecule has 0 bridgehead atoms. The van der Waals surface area contributed by atoms with Crippen LogP contribution in [-0.4, -0.2) is 22.0 Å². The molecule has 17 heavy (non-hydrogen) atoms. The number of halogens is 1. The van der Waals surface area contributed by atoms with Crippen LogP contribution in [0.1, 0.15) is 20.8 Å². The Morgan fingerprint density at radius 1 is 1.35 bits per heavy atom. The molecule has 0 radical (unpaired) electrons. The fourth-order valence-corrected chi connectivity index (χ4v) is 2.20. The molecule has 0 atom stereocenters. The first-order valence-corrected chi connectivity index (χ1v) is 5.42. The van der Waals surface area contributed by atoms with Gasteiger partial charge in [0.15, 0.2) is 0 Å². The number of nitrogens with zero attached hydrogens (tertiary/aromatic N) is 1. The van der Waals surface area contributed by atoms with Crippen LogP contribution in [0.2, 0.25) is 0 Å². The normalized spacial score (nSPS) is 10.4. The van der Waals surface area contributed by atoms with Crippen molar-refractivity contribution < 1.29 is 14.7 Å². The maximum atomic E-state index is 11.2. The average Bonchev–Trinajstić information content (AvgIpc) is 2.27. The summed E-state index contributed by atoms with van der Waals surface area (Å²) in [7, 11) is 0. The Morgan fingerprint density at radius 2 is 2.06 bits per heavy atom. The van der Waals surface area contributed by atoms with Crippen molar-refractivity contribution in [1.82, 2.24) is 4.98 Å². The first-order chi connectivity index (χ1) is 8.02. The van der Waals surface area contributed by atoms with E-state index in [-0.39, 0.29) is 11.3 Å². The van der Waals surface area contributed by atoms with Gasteiger partial charge in [0.1, 0.15) is 5.69 Å². The Labute approximate surface area is 104 Å². The maximum absolute atomic E-state index is 11.2. The lowest BCUT2D eigenvalue weighted by Crippen LogP contribution is -2.14. The molecule has 0 aliphatic carbocycles. The monoisotopic (exact) mass is 294 g/mol. The van der Waals surface area contributed by atoms with Crippen molar-refractivity contribution in [2.75, 3.05) is 0 Å². The van der Waals surface area contributed by atoms with E-state index in [1.165, 1.54) is 0 Å². The molecule has 1 aromatic heterocycles. The predicted octanol–water partition coefficient (Wildman–Crippen LogP) is 1.79. The fraction of sp³-hybridized carbons (Fsp3) is 0. The number of carbonyl (C=O) groups is 2. The van der Waals surface area contributed by atoms with E-state index in [1.54, 1.807) is 18.2 Å². The van der Waals surface area contributed by atoms with Gasteiger partial charge in [0, 0.05) is 21.4 Å². The fourth-order valence-electron chi connectivity index (χ4n) is 1.62. The molecule has 6 heteroatoms. The highest BCUT2D eigenvalue weighted by Crippen LogP contribution is 2.28. The number of aromatic nitrogens is 1. The van der Waals surface area contributed by atoms with E-state index in [9.17, 15) is 9.59 Å². The van der Waals surface area contributed by atoms with Gasteiger partial charge in [-0.1, -0.05) is 28.1 Å². The van der Waals surface area contributed by atoms with Gasteiger partial charge in [-0.3, -0.25) is 4.79 Å². The van der Waals surface area contributed by atoms with E-state index in [0.29, 0.717) is 15.2 Å². The Morgan fingerprint density at radius 3 is 2.65 bits per heavy atom. The van der Waals surface area contributed by atoms with Crippen LogP contribution in [0.25, 0.3) is 10.8 Å². The number of primary amides is 1. The third-order valence-electron chi connectivity index (χ3n) is 2.32. The van der Waals surface area contributed by atoms with Gasteiger partial charge in [-0.15, -0.1) is 0 Å². The Bertz CT molecular complexity index is 640. The van der Waals surface area contributed by atoms with Crippen molar-refractivity contribution in [2.45, 2.75) is 0 Å². The van der Waals surface area contributed by atoms with Crippen molar-refractivity contribution in [3.63, 3.8) is 0 Å². The molecular weight excluding hydrogens is 288 g/mol. The number of hydrogen-bond donors (Lipinski definition) is 2. The van der Waals surface area contributed by atoms with Gasteiger partial charge in [-0.25, -0.2) is 9.78 Å². The summed E-state index contributed by atoms with van der Waals surface area (Å²) in [5.74, 6) is -1.80. The standard InChI is InChI=1S/C11H7BrN2O3/c12-7-3-1-2-5-8(7)6(11(16)17)4-14-9(5)10(13)15/h1-4H,(H2,13,15)(H,16,17). The molecule has 0 saturated heterocycles. The zero-order valence-electron chi connectivity index (χ0n) is 8.48. The first kappa shape index (κ1) is 11.5. The Hall–Kier alpha value is -1.95. The summed E-state index contributed by atoms with van der Waals surface area (Å²) in [5, 5.41) is 9.90. The third-order valence-corrected chi connectivity index (χ3v) is 2.99. The second-order valence-corrected chi connectivity index (χ2v) is 4.21. The molecule has 1 amide bonds. The molecule has 0 aliphatic rings. The topological polar surface area (TPSA) is 93.3 Å². The van der Waals surface area contributed by atoms with Crippen LogP contribution < -0.4 is 5.73 Å². The highest BCUT2D eigenvalue weighted by Gasteiger charge is 2.17. The second kappa shape index (κ2) is 4.14. The molecule has 1 aromatic carbocycles. The second-order valence-electron chi connectivity index (χ2n) is 3.35. The van der Waals surface area contributed by atoms with Crippen LogP contribution in [0.4, 0.5) is 0 Å². The lowest BCUT2D eigenvalue weighted by atomic mass is 10.0. The zero-order valence-corrected chi connectivity index (χ0v) is 10.1. The highest BCUT2D eigenvalue weighted by atomic mass is 79.9. The number of rotatable bonds is 2. The minimum Gasteiger partial charge on any atom is -0.478 e. The van der Waals surface area contributed by atoms with Gasteiger partial charge < -0.3 is 10.8 Å². The van der Waals surface area contributed by atoms with Gasteiger partial charge in [0.25, 0.3) is 5.91 Å². The number of aromatic carboxylic acids is 1. The summed E-state index contributed by atoms with van der Waals surface area (Å²) in [5.41, 5.74) is 5.28. The molecule has 5 nitrogen and oxygen atoms in total. The molecule has 0 fully saturated rings. The van der Waals surface area contributed by atoms with Crippen LogP contribution >= 0.6 is 15.9 Å². The van der Waals surface area contributed by atoms with Gasteiger partial charge in [0.2, 0.25) is 0 Å². The Kier molecular flexibility index (Phi) is 2.81. The van der Waals surface area contributed by atoms with Crippen molar-refractivity contribution >= 4 is 38.6 Å². The van der Waals surface area contributed by atoms with Crippen LogP contribution in [0.3, 0.4) is 0 Å². The van der Waals surface area contributed by atoms with Gasteiger partial charge in [0.05, 0.1) is 5.56 Å². The molecule has 86 valence electrons. The summed E-state index contributed by atoms with van der Waals surface area (Å²) in [6.07, 6.45) is 1.13. The smallest absolute Gasteiger partial charge is 0.337 e. The SMILES string of the molecule is NC(=O)c1ncc(C(=O)O)c2c(Br)cccc12. The number of pyridine rings is 1. The number of carbonyl (C=O) groups excluding carboxylic acids is 1. The number of carboxylic acid groups (broad SMARTS) is 1. The van der Waals surface area contributed by atoms with Crippen LogP contribution in [-0.2, 0) is 0 Å². The van der Waals surface area contributed by atoms with Crippen LogP contribution in [0, 0.1) is 0 Å². The lowest BCUT2D eigenvalue weighted by Gasteiger charge is -2.07. The molecule has 2 rings (SSSR count). The zero-order chi connectivity index (χ0) is 12.6. The molecule has 0 unspecified atom stereocenters. The molecule has 1 heterocycles. The van der Waals surface area contributed by atoms with E-state index in [2.05, 4.69) is 20.9 Å². The van der Waals surface area contributed by atoms with Gasteiger partial charge >= 0.3 is 5.97 Å². The molecule has 3 N–H and O–H groups in total. The minimum atomic E-state index is -1.11. The number of hydrogen-bond acceptors (Lipinski definition) is 3.